The zero-order valence-electron chi connectivity index (χ0n) is 12.7. The number of carbonyl (C=O) groups excluding carboxylic acids is 1. The molecule has 116 valence electrons. The molecule has 0 aliphatic heterocycles. The number of aliphatic hydroxyl groups excluding tert-OH is 1. The van der Waals surface area contributed by atoms with Crippen molar-refractivity contribution in [3.05, 3.63) is 0 Å². The molecule has 2 unspecified atom stereocenters. The van der Waals surface area contributed by atoms with Gasteiger partial charge in [0.1, 0.15) is 0 Å². The van der Waals surface area contributed by atoms with E-state index in [-0.39, 0.29) is 17.4 Å². The van der Waals surface area contributed by atoms with Gasteiger partial charge in [0.15, 0.2) is 0 Å². The largest absolute Gasteiger partial charge is 0.393 e. The van der Waals surface area contributed by atoms with E-state index in [0.29, 0.717) is 19.0 Å². The third kappa shape index (κ3) is 3.73. The SMILES string of the molecule is CC1CCC(CN)(C(=O)NCC2CCCC(O)C2)CC1. The lowest BCUT2D eigenvalue weighted by Crippen LogP contribution is -2.49. The van der Waals surface area contributed by atoms with Gasteiger partial charge in [0.05, 0.1) is 11.5 Å². The minimum absolute atomic E-state index is 0.145. The molecule has 2 aliphatic rings. The first-order chi connectivity index (χ1) is 9.55. The summed E-state index contributed by atoms with van der Waals surface area (Å²) in [4.78, 5) is 12.5. The molecule has 2 saturated carbocycles. The molecule has 0 bridgehead atoms. The quantitative estimate of drug-likeness (QED) is 0.736. The Kier molecular flexibility index (Phi) is 5.44. The summed E-state index contributed by atoms with van der Waals surface area (Å²) < 4.78 is 0. The Morgan fingerprint density at radius 3 is 2.60 bits per heavy atom. The zero-order valence-corrected chi connectivity index (χ0v) is 12.7. The second kappa shape index (κ2) is 6.90. The highest BCUT2D eigenvalue weighted by atomic mass is 16.3. The number of carbonyl (C=O) groups is 1. The van der Waals surface area contributed by atoms with Crippen LogP contribution in [-0.4, -0.2) is 30.2 Å². The van der Waals surface area contributed by atoms with Crippen LogP contribution in [0, 0.1) is 17.3 Å². The fraction of sp³-hybridized carbons (Fsp3) is 0.938. The molecular formula is C16H30N2O2. The van der Waals surface area contributed by atoms with Crippen LogP contribution in [0.25, 0.3) is 0 Å². The lowest BCUT2D eigenvalue weighted by molar-refractivity contribution is -0.133. The van der Waals surface area contributed by atoms with E-state index in [1.807, 2.05) is 0 Å². The summed E-state index contributed by atoms with van der Waals surface area (Å²) in [6, 6.07) is 0. The lowest BCUT2D eigenvalue weighted by atomic mass is 9.70. The van der Waals surface area contributed by atoms with Crippen molar-refractivity contribution in [2.45, 2.75) is 64.4 Å². The van der Waals surface area contributed by atoms with Crippen molar-refractivity contribution in [1.29, 1.82) is 0 Å². The highest BCUT2D eigenvalue weighted by Gasteiger charge is 2.39. The van der Waals surface area contributed by atoms with Crippen molar-refractivity contribution in [3.63, 3.8) is 0 Å². The molecule has 0 saturated heterocycles. The van der Waals surface area contributed by atoms with Crippen LogP contribution in [-0.2, 0) is 4.79 Å². The summed E-state index contributed by atoms with van der Waals surface area (Å²) in [5, 5.41) is 12.8. The van der Waals surface area contributed by atoms with Crippen molar-refractivity contribution < 1.29 is 9.90 Å². The number of nitrogens with one attached hydrogen (secondary N) is 1. The number of nitrogens with two attached hydrogens (primary N) is 1. The summed E-state index contributed by atoms with van der Waals surface area (Å²) in [6.45, 7) is 3.41. The average molecular weight is 282 g/mol. The van der Waals surface area contributed by atoms with Gasteiger partial charge in [0, 0.05) is 13.1 Å². The van der Waals surface area contributed by atoms with E-state index < -0.39 is 0 Å². The molecule has 2 rings (SSSR count). The summed E-state index contributed by atoms with van der Waals surface area (Å²) in [6.07, 6.45) is 7.80. The van der Waals surface area contributed by atoms with Gasteiger partial charge in [-0.25, -0.2) is 0 Å². The van der Waals surface area contributed by atoms with Crippen molar-refractivity contribution in [2.75, 3.05) is 13.1 Å². The van der Waals surface area contributed by atoms with Crippen molar-refractivity contribution in [3.8, 4) is 0 Å². The molecule has 0 aromatic carbocycles. The molecule has 2 atom stereocenters. The van der Waals surface area contributed by atoms with Gasteiger partial charge in [-0.1, -0.05) is 13.3 Å². The van der Waals surface area contributed by atoms with Gasteiger partial charge in [0.25, 0.3) is 0 Å². The number of aliphatic hydroxyl groups is 1. The van der Waals surface area contributed by atoms with Gasteiger partial charge in [0.2, 0.25) is 5.91 Å². The highest BCUT2D eigenvalue weighted by Crippen LogP contribution is 2.38. The monoisotopic (exact) mass is 282 g/mol. The molecule has 0 radical (unpaired) electrons. The van der Waals surface area contributed by atoms with Crippen molar-refractivity contribution in [2.24, 2.45) is 23.0 Å². The summed E-state index contributed by atoms with van der Waals surface area (Å²) >= 11 is 0. The van der Waals surface area contributed by atoms with Gasteiger partial charge in [-0.05, 0) is 56.8 Å². The van der Waals surface area contributed by atoms with Crippen LogP contribution in [0.4, 0.5) is 0 Å². The molecule has 2 fully saturated rings. The maximum Gasteiger partial charge on any atom is 0.227 e. The number of rotatable bonds is 4. The minimum atomic E-state index is -0.334. The molecule has 2 aliphatic carbocycles. The molecule has 1 amide bonds. The van der Waals surface area contributed by atoms with Gasteiger partial charge >= 0.3 is 0 Å². The second-order valence-electron chi connectivity index (χ2n) is 7.06. The van der Waals surface area contributed by atoms with Crippen LogP contribution in [0.3, 0.4) is 0 Å². The molecule has 0 heterocycles. The van der Waals surface area contributed by atoms with Gasteiger partial charge in [-0.3, -0.25) is 4.79 Å². The number of hydrogen-bond acceptors (Lipinski definition) is 3. The lowest BCUT2D eigenvalue weighted by Gasteiger charge is -2.37. The Morgan fingerprint density at radius 2 is 2.00 bits per heavy atom. The molecular weight excluding hydrogens is 252 g/mol. The molecule has 0 aromatic heterocycles. The molecule has 20 heavy (non-hydrogen) atoms. The number of hydrogen-bond donors (Lipinski definition) is 3. The van der Waals surface area contributed by atoms with E-state index in [4.69, 9.17) is 5.73 Å². The zero-order chi connectivity index (χ0) is 14.6. The topological polar surface area (TPSA) is 75.4 Å². The maximum atomic E-state index is 12.5. The van der Waals surface area contributed by atoms with Crippen LogP contribution >= 0.6 is 0 Å². The van der Waals surface area contributed by atoms with E-state index in [1.54, 1.807) is 0 Å². The second-order valence-corrected chi connectivity index (χ2v) is 7.06. The van der Waals surface area contributed by atoms with Crippen molar-refractivity contribution >= 4 is 5.91 Å². The molecule has 0 aromatic rings. The van der Waals surface area contributed by atoms with Crippen LogP contribution in [0.1, 0.15) is 58.3 Å². The van der Waals surface area contributed by atoms with E-state index in [0.717, 1.165) is 57.3 Å². The predicted octanol–water partition coefficient (Wildman–Crippen LogP) is 1.81. The van der Waals surface area contributed by atoms with Gasteiger partial charge < -0.3 is 16.2 Å². The standard InChI is InChI=1S/C16H30N2O2/c1-12-5-7-16(11-17,8-6-12)15(20)18-10-13-3-2-4-14(19)9-13/h12-14,19H,2-11,17H2,1H3,(H,18,20). The first kappa shape index (κ1) is 15.8. The fourth-order valence-corrected chi connectivity index (χ4v) is 3.71. The smallest absolute Gasteiger partial charge is 0.227 e. The molecule has 4 heteroatoms. The summed E-state index contributed by atoms with van der Waals surface area (Å²) in [5.41, 5.74) is 5.58. The highest BCUT2D eigenvalue weighted by molar-refractivity contribution is 5.83. The Labute approximate surface area is 122 Å². The third-order valence-electron chi connectivity index (χ3n) is 5.41. The fourth-order valence-electron chi connectivity index (χ4n) is 3.71. The van der Waals surface area contributed by atoms with E-state index in [9.17, 15) is 9.90 Å². The Balaban J connectivity index is 1.83. The van der Waals surface area contributed by atoms with Crippen LogP contribution in [0.15, 0.2) is 0 Å². The third-order valence-corrected chi connectivity index (χ3v) is 5.41. The van der Waals surface area contributed by atoms with Crippen molar-refractivity contribution in [1.82, 2.24) is 5.32 Å². The van der Waals surface area contributed by atoms with Crippen LogP contribution < -0.4 is 11.1 Å². The van der Waals surface area contributed by atoms with E-state index >= 15 is 0 Å². The average Bonchev–Trinajstić information content (AvgIpc) is 2.46. The van der Waals surface area contributed by atoms with Crippen LogP contribution in [0.2, 0.25) is 0 Å². The first-order valence-electron chi connectivity index (χ1n) is 8.22. The Morgan fingerprint density at radius 1 is 1.30 bits per heavy atom. The van der Waals surface area contributed by atoms with Gasteiger partial charge in [-0.15, -0.1) is 0 Å². The molecule has 4 nitrogen and oxygen atoms in total. The predicted molar refractivity (Wildman–Crippen MR) is 80.1 cm³/mol. The summed E-state index contributed by atoms with van der Waals surface area (Å²) in [7, 11) is 0. The van der Waals surface area contributed by atoms with Crippen LogP contribution in [0.5, 0.6) is 0 Å². The van der Waals surface area contributed by atoms with Gasteiger partial charge in [-0.2, -0.15) is 0 Å². The molecule has 0 spiro atoms. The maximum absolute atomic E-state index is 12.5. The Hall–Kier alpha value is -0.610. The van der Waals surface area contributed by atoms with E-state index in [2.05, 4.69) is 12.2 Å². The van der Waals surface area contributed by atoms with E-state index in [1.165, 1.54) is 0 Å². The Bertz CT molecular complexity index is 324. The number of amides is 1. The minimum Gasteiger partial charge on any atom is -0.393 e. The first-order valence-corrected chi connectivity index (χ1v) is 8.22. The summed E-state index contributed by atoms with van der Waals surface area (Å²) in [5.74, 6) is 1.29. The molecule has 4 N–H and O–H groups in total. The normalized spacial score (nSPS) is 38.5.